The maximum Gasteiger partial charge on any atom is 0.307 e. The first-order valence-electron chi connectivity index (χ1n) is 3.04. The maximum atomic E-state index is 10.0. The highest BCUT2D eigenvalue weighted by Gasteiger charge is 1.95. The van der Waals surface area contributed by atoms with Crippen LogP contribution in [0.15, 0.2) is 11.6 Å². The average Bonchev–Trinajstić information content (AvgIpc) is 1.63. The summed E-state index contributed by atoms with van der Waals surface area (Å²) in [5.41, 5.74) is 0.935. The van der Waals surface area contributed by atoms with Crippen molar-refractivity contribution in [2.24, 2.45) is 0 Å². The third kappa shape index (κ3) is 5.07. The summed E-state index contributed by atoms with van der Waals surface area (Å²) < 4.78 is 0. The van der Waals surface area contributed by atoms with Crippen LogP contribution in [0.1, 0.15) is 26.7 Å². The zero-order valence-corrected chi connectivity index (χ0v) is 5.85. The predicted octanol–water partition coefficient (Wildman–Crippen LogP) is 1.82. The van der Waals surface area contributed by atoms with Gasteiger partial charge in [-0.25, -0.2) is 0 Å². The van der Waals surface area contributed by atoms with Crippen LogP contribution in [0.5, 0.6) is 0 Å². The van der Waals surface area contributed by atoms with Crippen LogP contribution in [-0.4, -0.2) is 11.1 Å². The Kier molecular flexibility index (Phi) is 3.76. The van der Waals surface area contributed by atoms with Gasteiger partial charge in [-0.15, -0.1) is 0 Å². The molecule has 0 aliphatic carbocycles. The molecule has 2 nitrogen and oxygen atoms in total. The van der Waals surface area contributed by atoms with Gasteiger partial charge < -0.3 is 5.11 Å². The number of carboxylic acid groups (broad SMARTS) is 1. The fourth-order valence-corrected chi connectivity index (χ4v) is 0.659. The predicted molar refractivity (Wildman–Crippen MR) is 36.3 cm³/mol. The smallest absolute Gasteiger partial charge is 0.307 e. The number of hydrogen-bond acceptors (Lipinski definition) is 1. The molecule has 0 atom stereocenters. The van der Waals surface area contributed by atoms with E-state index in [4.69, 9.17) is 5.11 Å². The summed E-state index contributed by atoms with van der Waals surface area (Å²) in [4.78, 5) is 10.0. The van der Waals surface area contributed by atoms with E-state index >= 15 is 0 Å². The summed E-state index contributed by atoms with van der Waals surface area (Å²) in [6, 6.07) is 0. The zero-order valence-electron chi connectivity index (χ0n) is 5.85. The van der Waals surface area contributed by atoms with Crippen molar-refractivity contribution in [3.05, 3.63) is 11.6 Å². The molecule has 0 fully saturated rings. The van der Waals surface area contributed by atoms with Crippen molar-refractivity contribution in [3.8, 4) is 0 Å². The topological polar surface area (TPSA) is 37.3 Å². The number of carbonyl (C=O) groups is 1. The lowest BCUT2D eigenvalue weighted by molar-refractivity contribution is -0.136. The molecule has 0 aromatic heterocycles. The van der Waals surface area contributed by atoms with Gasteiger partial charge in [0.05, 0.1) is 6.42 Å². The van der Waals surface area contributed by atoms with Gasteiger partial charge in [0, 0.05) is 0 Å². The van der Waals surface area contributed by atoms with E-state index in [0.717, 1.165) is 12.0 Å². The summed E-state index contributed by atoms with van der Waals surface area (Å²) >= 11 is 0. The summed E-state index contributed by atoms with van der Waals surface area (Å²) in [7, 11) is 0. The van der Waals surface area contributed by atoms with Crippen LogP contribution >= 0.6 is 0 Å². The van der Waals surface area contributed by atoms with Gasteiger partial charge in [0.2, 0.25) is 0 Å². The monoisotopic (exact) mass is 128 g/mol. The molecule has 0 saturated heterocycles. The number of carboxylic acids is 1. The molecular formula is C7H12O2. The van der Waals surface area contributed by atoms with Crippen LogP contribution in [0, 0.1) is 0 Å². The van der Waals surface area contributed by atoms with E-state index in [1.807, 2.05) is 19.9 Å². The highest BCUT2D eigenvalue weighted by Crippen LogP contribution is 1.99. The molecule has 0 aliphatic heterocycles. The van der Waals surface area contributed by atoms with Crippen LogP contribution in [0.2, 0.25) is 0 Å². The second kappa shape index (κ2) is 4.13. The van der Waals surface area contributed by atoms with Crippen LogP contribution in [0.25, 0.3) is 0 Å². The molecule has 0 rings (SSSR count). The Bertz CT molecular complexity index is 125. The minimum atomic E-state index is -0.753. The van der Waals surface area contributed by atoms with Gasteiger partial charge in [-0.05, 0) is 13.3 Å². The van der Waals surface area contributed by atoms with Crippen molar-refractivity contribution < 1.29 is 9.90 Å². The highest BCUT2D eigenvalue weighted by atomic mass is 16.4. The Morgan fingerprint density at radius 3 is 2.56 bits per heavy atom. The molecule has 52 valence electrons. The van der Waals surface area contributed by atoms with E-state index in [0.29, 0.717) is 0 Å². The van der Waals surface area contributed by atoms with E-state index in [9.17, 15) is 4.79 Å². The Balaban J connectivity index is 3.62. The van der Waals surface area contributed by atoms with Gasteiger partial charge in [-0.3, -0.25) is 4.79 Å². The summed E-state index contributed by atoms with van der Waals surface area (Å²) in [6.07, 6.45) is 3.01. The molecule has 0 aromatic rings. The van der Waals surface area contributed by atoms with Crippen LogP contribution < -0.4 is 0 Å². The van der Waals surface area contributed by atoms with Gasteiger partial charge in [0.25, 0.3) is 0 Å². The molecule has 1 N–H and O–H groups in total. The Morgan fingerprint density at radius 1 is 1.67 bits per heavy atom. The van der Waals surface area contributed by atoms with Gasteiger partial charge in [0.15, 0.2) is 0 Å². The first-order valence-corrected chi connectivity index (χ1v) is 3.04. The minimum absolute atomic E-state index is 0.174. The summed E-state index contributed by atoms with van der Waals surface area (Å²) in [6.45, 7) is 3.82. The van der Waals surface area contributed by atoms with Crippen LogP contribution in [0.4, 0.5) is 0 Å². The maximum absolute atomic E-state index is 10.0. The normalized spacial score (nSPS) is 11.6. The molecular weight excluding hydrogens is 116 g/mol. The van der Waals surface area contributed by atoms with Gasteiger partial charge >= 0.3 is 5.97 Å². The van der Waals surface area contributed by atoms with E-state index in [-0.39, 0.29) is 6.42 Å². The van der Waals surface area contributed by atoms with Gasteiger partial charge in [-0.1, -0.05) is 18.6 Å². The fourth-order valence-electron chi connectivity index (χ4n) is 0.659. The quantitative estimate of drug-likeness (QED) is 0.588. The average molecular weight is 128 g/mol. The third-order valence-corrected chi connectivity index (χ3v) is 0.983. The molecule has 0 radical (unpaired) electrons. The molecule has 0 spiro atoms. The Labute approximate surface area is 55.2 Å². The molecule has 0 saturated carbocycles. The second-order valence-electron chi connectivity index (χ2n) is 2.03. The van der Waals surface area contributed by atoms with E-state index < -0.39 is 5.97 Å². The second-order valence-corrected chi connectivity index (χ2v) is 2.03. The molecule has 9 heavy (non-hydrogen) atoms. The Morgan fingerprint density at radius 2 is 2.22 bits per heavy atom. The third-order valence-electron chi connectivity index (χ3n) is 0.983. The lowest BCUT2D eigenvalue weighted by atomic mass is 10.2. The van der Waals surface area contributed by atoms with Crippen LogP contribution in [-0.2, 0) is 4.79 Å². The zero-order chi connectivity index (χ0) is 7.28. The fraction of sp³-hybridized carbons (Fsp3) is 0.571. The van der Waals surface area contributed by atoms with Crippen molar-refractivity contribution in [2.75, 3.05) is 0 Å². The standard InChI is InChI=1S/C7H12O2/c1-3-4-6(2)5-7(8)9/h4H,3,5H2,1-2H3,(H,8,9)/b6-4-. The van der Waals surface area contributed by atoms with Gasteiger partial charge in [-0.2, -0.15) is 0 Å². The summed E-state index contributed by atoms with van der Waals surface area (Å²) in [5.74, 6) is -0.753. The Hall–Kier alpha value is -0.790. The van der Waals surface area contributed by atoms with E-state index in [1.165, 1.54) is 0 Å². The lowest BCUT2D eigenvalue weighted by Crippen LogP contribution is -1.94. The van der Waals surface area contributed by atoms with Crippen molar-refractivity contribution in [2.45, 2.75) is 26.7 Å². The first-order chi connectivity index (χ1) is 4.16. The number of hydrogen-bond donors (Lipinski definition) is 1. The van der Waals surface area contributed by atoms with Crippen molar-refractivity contribution in [1.29, 1.82) is 0 Å². The number of allylic oxidation sites excluding steroid dienone is 1. The minimum Gasteiger partial charge on any atom is -0.481 e. The van der Waals surface area contributed by atoms with E-state index in [2.05, 4.69) is 0 Å². The molecule has 0 amide bonds. The molecule has 0 heterocycles. The van der Waals surface area contributed by atoms with Crippen molar-refractivity contribution >= 4 is 5.97 Å². The molecule has 0 aliphatic rings. The summed E-state index contributed by atoms with van der Waals surface area (Å²) in [5, 5.41) is 8.27. The molecule has 0 bridgehead atoms. The SMILES string of the molecule is CC/C=C(/C)CC(=O)O. The molecule has 2 heteroatoms. The van der Waals surface area contributed by atoms with Crippen molar-refractivity contribution in [3.63, 3.8) is 0 Å². The lowest BCUT2D eigenvalue weighted by Gasteiger charge is -1.92. The highest BCUT2D eigenvalue weighted by molar-refractivity contribution is 5.69. The first kappa shape index (κ1) is 8.21. The van der Waals surface area contributed by atoms with Gasteiger partial charge in [0.1, 0.15) is 0 Å². The largest absolute Gasteiger partial charge is 0.481 e. The van der Waals surface area contributed by atoms with Crippen LogP contribution in [0.3, 0.4) is 0 Å². The number of aliphatic carboxylic acids is 1. The molecule has 0 unspecified atom stereocenters. The number of rotatable bonds is 3. The van der Waals surface area contributed by atoms with Crippen molar-refractivity contribution in [1.82, 2.24) is 0 Å². The molecule has 0 aromatic carbocycles. The van der Waals surface area contributed by atoms with E-state index in [1.54, 1.807) is 0 Å².